The summed E-state index contributed by atoms with van der Waals surface area (Å²) < 4.78 is 5.10. The lowest BCUT2D eigenvalue weighted by molar-refractivity contribution is -0.125. The summed E-state index contributed by atoms with van der Waals surface area (Å²) in [6, 6.07) is 6.50. The van der Waals surface area contributed by atoms with Crippen LogP contribution in [0.4, 0.5) is 11.4 Å². The lowest BCUT2D eigenvalue weighted by atomic mass is 10.1. The standard InChI is InChI=1S/C15H18BN3O4/c16-19-8-12(20)7-13(19)15(22)17-10-1-3-11(4-2-10)18-5-6-23-9-14(18)21/h1-4,12-13,20H,5-9H2,(H,17,22)/t12-,13-/m1/s1. The van der Waals surface area contributed by atoms with E-state index >= 15 is 0 Å². The number of rotatable bonds is 3. The van der Waals surface area contributed by atoms with E-state index in [1.165, 1.54) is 4.81 Å². The largest absolute Gasteiger partial charge is 0.392 e. The first kappa shape index (κ1) is 16.0. The van der Waals surface area contributed by atoms with Crippen LogP contribution in [0.1, 0.15) is 6.42 Å². The van der Waals surface area contributed by atoms with Crippen LogP contribution in [0.15, 0.2) is 24.3 Å². The average molecular weight is 315 g/mol. The highest BCUT2D eigenvalue weighted by Crippen LogP contribution is 2.21. The third-order valence-corrected chi connectivity index (χ3v) is 4.05. The molecule has 1 aromatic carbocycles. The van der Waals surface area contributed by atoms with Crippen molar-refractivity contribution in [3.63, 3.8) is 0 Å². The summed E-state index contributed by atoms with van der Waals surface area (Å²) in [4.78, 5) is 27.0. The Hall–Kier alpha value is -1.90. The normalized spacial score (nSPS) is 25.6. The molecular formula is C15H18BN3O4. The zero-order valence-electron chi connectivity index (χ0n) is 12.6. The molecule has 0 bridgehead atoms. The number of aliphatic hydroxyl groups excluding tert-OH is 1. The Labute approximate surface area is 135 Å². The lowest BCUT2D eigenvalue weighted by Gasteiger charge is -2.27. The Balaban J connectivity index is 1.63. The zero-order valence-corrected chi connectivity index (χ0v) is 12.6. The number of nitrogens with zero attached hydrogens (tertiary/aromatic N) is 2. The molecule has 120 valence electrons. The minimum absolute atomic E-state index is 0.0771. The molecule has 1 aromatic rings. The Morgan fingerprint density at radius 3 is 2.70 bits per heavy atom. The lowest BCUT2D eigenvalue weighted by Crippen LogP contribution is -2.41. The molecule has 0 aromatic heterocycles. The number of morpholine rings is 1. The van der Waals surface area contributed by atoms with E-state index in [0.29, 0.717) is 25.3 Å². The quantitative estimate of drug-likeness (QED) is 0.736. The second-order valence-electron chi connectivity index (χ2n) is 5.74. The molecule has 7 nitrogen and oxygen atoms in total. The van der Waals surface area contributed by atoms with Crippen LogP contribution in [-0.4, -0.2) is 68.2 Å². The maximum Gasteiger partial charge on any atom is 0.253 e. The summed E-state index contributed by atoms with van der Waals surface area (Å²) in [6.07, 6.45) is -0.256. The number of amides is 2. The predicted molar refractivity (Wildman–Crippen MR) is 85.1 cm³/mol. The predicted octanol–water partition coefficient (Wildman–Crippen LogP) is -0.493. The van der Waals surface area contributed by atoms with E-state index < -0.39 is 12.1 Å². The van der Waals surface area contributed by atoms with Gasteiger partial charge in [-0.25, -0.2) is 0 Å². The minimum Gasteiger partial charge on any atom is -0.392 e. The summed E-state index contributed by atoms with van der Waals surface area (Å²) in [5.41, 5.74) is 1.39. The van der Waals surface area contributed by atoms with E-state index in [-0.39, 0.29) is 25.0 Å². The Morgan fingerprint density at radius 2 is 2.09 bits per heavy atom. The van der Waals surface area contributed by atoms with E-state index in [0.717, 1.165) is 5.69 Å². The van der Waals surface area contributed by atoms with Gasteiger partial charge in [-0.1, -0.05) is 0 Å². The number of β-amino-alcohol motifs (C(OH)–C–C–N with tert-alkyl or cyclic N) is 1. The summed E-state index contributed by atoms with van der Waals surface area (Å²) in [5, 5.41) is 12.3. The van der Waals surface area contributed by atoms with Crippen molar-refractivity contribution in [1.29, 1.82) is 0 Å². The van der Waals surface area contributed by atoms with Gasteiger partial charge in [0.15, 0.2) is 7.98 Å². The van der Waals surface area contributed by atoms with Crippen LogP contribution >= 0.6 is 0 Å². The van der Waals surface area contributed by atoms with Crippen molar-refractivity contribution in [3.8, 4) is 0 Å². The van der Waals surface area contributed by atoms with Gasteiger partial charge in [-0.05, 0) is 30.7 Å². The highest BCUT2D eigenvalue weighted by Gasteiger charge is 2.32. The topological polar surface area (TPSA) is 82.1 Å². The van der Waals surface area contributed by atoms with Gasteiger partial charge in [-0.3, -0.25) is 9.59 Å². The van der Waals surface area contributed by atoms with Gasteiger partial charge in [0.05, 0.1) is 18.8 Å². The summed E-state index contributed by atoms with van der Waals surface area (Å²) in [5.74, 6) is -0.328. The van der Waals surface area contributed by atoms with Gasteiger partial charge in [0.2, 0.25) is 5.91 Å². The van der Waals surface area contributed by atoms with Crippen LogP contribution in [0.2, 0.25) is 0 Å². The highest BCUT2D eigenvalue weighted by molar-refractivity contribution is 6.08. The van der Waals surface area contributed by atoms with Crippen LogP contribution in [0, 0.1) is 0 Å². The number of anilines is 2. The molecule has 2 aliphatic heterocycles. The van der Waals surface area contributed by atoms with Crippen LogP contribution in [-0.2, 0) is 14.3 Å². The monoisotopic (exact) mass is 315 g/mol. The van der Waals surface area contributed by atoms with Gasteiger partial charge in [0, 0.05) is 24.5 Å². The van der Waals surface area contributed by atoms with Gasteiger partial charge in [-0.2, -0.15) is 0 Å². The van der Waals surface area contributed by atoms with E-state index in [1.54, 1.807) is 29.2 Å². The third-order valence-electron chi connectivity index (χ3n) is 4.05. The molecule has 8 heteroatoms. The van der Waals surface area contributed by atoms with Crippen molar-refractivity contribution in [2.45, 2.75) is 18.6 Å². The van der Waals surface area contributed by atoms with Crippen molar-refractivity contribution in [1.82, 2.24) is 4.81 Å². The fourth-order valence-electron chi connectivity index (χ4n) is 2.84. The number of hydrogen-bond donors (Lipinski definition) is 2. The second kappa shape index (κ2) is 6.70. The summed E-state index contributed by atoms with van der Waals surface area (Å²) >= 11 is 0. The van der Waals surface area contributed by atoms with Crippen molar-refractivity contribution < 1.29 is 19.4 Å². The molecule has 3 rings (SSSR count). The molecule has 2 radical (unpaired) electrons. The van der Waals surface area contributed by atoms with Crippen LogP contribution in [0.25, 0.3) is 0 Å². The zero-order chi connectivity index (χ0) is 16.4. The maximum absolute atomic E-state index is 12.2. The molecule has 0 saturated carbocycles. The van der Waals surface area contributed by atoms with E-state index in [4.69, 9.17) is 12.7 Å². The van der Waals surface area contributed by atoms with Crippen LogP contribution in [0.5, 0.6) is 0 Å². The molecule has 2 amide bonds. The van der Waals surface area contributed by atoms with E-state index in [9.17, 15) is 14.7 Å². The summed E-state index contributed by atoms with van der Waals surface area (Å²) in [6.45, 7) is 1.41. The number of benzene rings is 1. The van der Waals surface area contributed by atoms with Gasteiger partial charge in [0.25, 0.3) is 5.91 Å². The summed E-state index contributed by atoms with van der Waals surface area (Å²) in [7, 11) is 5.72. The SMILES string of the molecule is [B]N1C[C@H](O)C[C@@H]1C(=O)Nc1ccc(N2CCOCC2=O)cc1. The number of carbonyl (C=O) groups is 2. The molecule has 2 fully saturated rings. The van der Waals surface area contributed by atoms with Gasteiger partial charge in [0.1, 0.15) is 6.61 Å². The number of carbonyl (C=O) groups excluding carboxylic acids is 2. The fraction of sp³-hybridized carbons (Fsp3) is 0.467. The average Bonchev–Trinajstić information content (AvgIpc) is 2.87. The maximum atomic E-state index is 12.2. The first-order valence-electron chi connectivity index (χ1n) is 7.53. The molecular weight excluding hydrogens is 297 g/mol. The number of nitrogens with one attached hydrogen (secondary N) is 1. The molecule has 23 heavy (non-hydrogen) atoms. The van der Waals surface area contributed by atoms with E-state index in [2.05, 4.69) is 5.32 Å². The van der Waals surface area contributed by atoms with Gasteiger partial charge in [-0.15, -0.1) is 0 Å². The van der Waals surface area contributed by atoms with Crippen molar-refractivity contribution in [2.24, 2.45) is 0 Å². The van der Waals surface area contributed by atoms with Gasteiger partial charge < -0.3 is 24.9 Å². The van der Waals surface area contributed by atoms with Crippen molar-refractivity contribution in [2.75, 3.05) is 36.5 Å². The van der Waals surface area contributed by atoms with Crippen molar-refractivity contribution in [3.05, 3.63) is 24.3 Å². The Kier molecular flexibility index (Phi) is 4.65. The molecule has 2 heterocycles. The minimum atomic E-state index is -0.578. The van der Waals surface area contributed by atoms with Crippen molar-refractivity contribution >= 4 is 31.2 Å². The van der Waals surface area contributed by atoms with Crippen LogP contribution in [0.3, 0.4) is 0 Å². The number of ether oxygens (including phenoxy) is 1. The molecule has 2 saturated heterocycles. The smallest absolute Gasteiger partial charge is 0.253 e. The Bertz CT molecular complexity index is 595. The number of hydrogen-bond acceptors (Lipinski definition) is 5. The second-order valence-corrected chi connectivity index (χ2v) is 5.74. The molecule has 2 aliphatic rings. The molecule has 0 spiro atoms. The van der Waals surface area contributed by atoms with Gasteiger partial charge >= 0.3 is 0 Å². The first-order chi connectivity index (χ1) is 11.0. The molecule has 2 N–H and O–H groups in total. The van der Waals surface area contributed by atoms with E-state index in [1.807, 2.05) is 0 Å². The molecule has 2 atom stereocenters. The fourth-order valence-corrected chi connectivity index (χ4v) is 2.84. The molecule has 0 aliphatic carbocycles. The Morgan fingerprint density at radius 1 is 1.35 bits per heavy atom. The molecule has 0 unspecified atom stereocenters. The highest BCUT2D eigenvalue weighted by atomic mass is 16.5. The first-order valence-corrected chi connectivity index (χ1v) is 7.53. The van der Waals surface area contributed by atoms with Crippen LogP contribution < -0.4 is 10.2 Å². The third kappa shape index (κ3) is 3.55. The number of aliphatic hydroxyl groups is 1.